The summed E-state index contributed by atoms with van der Waals surface area (Å²) in [6.07, 6.45) is 2.47. The standard InChI is InChI=1S/C16H23NO2/c1-11(2)8-16(18)17-12(3)9-13-4-5-15-14(10-13)6-7-19-15/h4-5,10-12H,6-9H2,1-3H3,(H,17,18). The Hall–Kier alpha value is -1.51. The van der Waals surface area contributed by atoms with E-state index in [9.17, 15) is 4.79 Å². The summed E-state index contributed by atoms with van der Waals surface area (Å²) in [4.78, 5) is 11.7. The van der Waals surface area contributed by atoms with E-state index in [0.717, 1.165) is 25.2 Å². The normalized spacial score (nSPS) is 14.9. The highest BCUT2D eigenvalue weighted by Crippen LogP contribution is 2.26. The van der Waals surface area contributed by atoms with Crippen molar-refractivity contribution in [2.75, 3.05) is 6.61 Å². The molecule has 0 bridgehead atoms. The van der Waals surface area contributed by atoms with Crippen molar-refractivity contribution in [3.05, 3.63) is 29.3 Å². The lowest BCUT2D eigenvalue weighted by molar-refractivity contribution is -0.122. The molecule has 1 aromatic carbocycles. The Kier molecular flexibility index (Phi) is 4.46. The van der Waals surface area contributed by atoms with Crippen LogP contribution in [0.15, 0.2) is 18.2 Å². The van der Waals surface area contributed by atoms with Gasteiger partial charge in [-0.1, -0.05) is 26.0 Å². The summed E-state index contributed by atoms with van der Waals surface area (Å²) in [5.74, 6) is 1.57. The van der Waals surface area contributed by atoms with Crippen LogP contribution in [0.25, 0.3) is 0 Å². The number of rotatable bonds is 5. The van der Waals surface area contributed by atoms with E-state index < -0.39 is 0 Å². The summed E-state index contributed by atoms with van der Waals surface area (Å²) in [5.41, 5.74) is 2.56. The van der Waals surface area contributed by atoms with E-state index in [1.54, 1.807) is 0 Å². The summed E-state index contributed by atoms with van der Waals surface area (Å²) >= 11 is 0. The van der Waals surface area contributed by atoms with Crippen LogP contribution in [-0.4, -0.2) is 18.6 Å². The first-order valence-corrected chi connectivity index (χ1v) is 7.08. The van der Waals surface area contributed by atoms with Crippen molar-refractivity contribution >= 4 is 5.91 Å². The first-order chi connectivity index (χ1) is 9.04. The van der Waals surface area contributed by atoms with Gasteiger partial charge in [0.1, 0.15) is 5.75 Å². The molecule has 104 valence electrons. The molecular weight excluding hydrogens is 238 g/mol. The molecule has 0 saturated heterocycles. The van der Waals surface area contributed by atoms with Crippen molar-refractivity contribution in [3.8, 4) is 5.75 Å². The van der Waals surface area contributed by atoms with Crippen molar-refractivity contribution < 1.29 is 9.53 Å². The SMILES string of the molecule is CC(C)CC(=O)NC(C)Cc1ccc2c(c1)CCO2. The van der Waals surface area contributed by atoms with Gasteiger partial charge in [0.25, 0.3) is 0 Å². The number of carbonyl (C=O) groups is 1. The van der Waals surface area contributed by atoms with Crippen LogP contribution in [0, 0.1) is 5.92 Å². The molecule has 19 heavy (non-hydrogen) atoms. The lowest BCUT2D eigenvalue weighted by Crippen LogP contribution is -2.34. The molecule has 1 N–H and O–H groups in total. The average molecular weight is 261 g/mol. The minimum Gasteiger partial charge on any atom is -0.493 e. The number of ether oxygens (including phenoxy) is 1. The lowest BCUT2D eigenvalue weighted by Gasteiger charge is -2.15. The van der Waals surface area contributed by atoms with Crippen molar-refractivity contribution in [2.24, 2.45) is 5.92 Å². The number of hydrogen-bond donors (Lipinski definition) is 1. The average Bonchev–Trinajstić information content (AvgIpc) is 2.74. The number of benzene rings is 1. The van der Waals surface area contributed by atoms with Gasteiger partial charge >= 0.3 is 0 Å². The molecule has 1 aliphatic rings. The number of fused-ring (bicyclic) bond motifs is 1. The van der Waals surface area contributed by atoms with E-state index >= 15 is 0 Å². The number of carbonyl (C=O) groups excluding carboxylic acids is 1. The monoisotopic (exact) mass is 261 g/mol. The van der Waals surface area contributed by atoms with E-state index in [-0.39, 0.29) is 11.9 Å². The predicted molar refractivity (Wildman–Crippen MR) is 76.4 cm³/mol. The molecule has 1 unspecified atom stereocenters. The van der Waals surface area contributed by atoms with Gasteiger partial charge in [-0.25, -0.2) is 0 Å². The van der Waals surface area contributed by atoms with Gasteiger partial charge in [0.05, 0.1) is 6.61 Å². The molecule has 3 nitrogen and oxygen atoms in total. The predicted octanol–water partition coefficient (Wildman–Crippen LogP) is 2.71. The molecular formula is C16H23NO2. The Morgan fingerprint density at radius 2 is 2.16 bits per heavy atom. The zero-order valence-corrected chi connectivity index (χ0v) is 12.0. The van der Waals surface area contributed by atoms with Crippen molar-refractivity contribution in [2.45, 2.75) is 46.1 Å². The number of hydrogen-bond acceptors (Lipinski definition) is 2. The second-order valence-electron chi connectivity index (χ2n) is 5.81. The van der Waals surface area contributed by atoms with E-state index in [4.69, 9.17) is 4.74 Å². The molecule has 0 spiro atoms. The van der Waals surface area contributed by atoms with E-state index in [1.165, 1.54) is 11.1 Å². The number of amides is 1. The second-order valence-corrected chi connectivity index (χ2v) is 5.81. The molecule has 0 radical (unpaired) electrons. The van der Waals surface area contributed by atoms with Gasteiger partial charge in [0.15, 0.2) is 0 Å². The van der Waals surface area contributed by atoms with Crippen LogP contribution >= 0.6 is 0 Å². The highest BCUT2D eigenvalue weighted by atomic mass is 16.5. The fourth-order valence-electron chi connectivity index (χ4n) is 2.48. The Labute approximate surface area is 115 Å². The fraction of sp³-hybridized carbons (Fsp3) is 0.562. The second kappa shape index (κ2) is 6.09. The Morgan fingerprint density at radius 3 is 2.89 bits per heavy atom. The summed E-state index contributed by atoms with van der Waals surface area (Å²) in [7, 11) is 0. The van der Waals surface area contributed by atoms with Crippen LogP contribution in [0.5, 0.6) is 5.75 Å². The summed E-state index contributed by atoms with van der Waals surface area (Å²) in [6.45, 7) is 6.97. The maximum absolute atomic E-state index is 11.7. The summed E-state index contributed by atoms with van der Waals surface area (Å²) < 4.78 is 5.50. The van der Waals surface area contributed by atoms with Gasteiger partial charge in [-0.15, -0.1) is 0 Å². The van der Waals surface area contributed by atoms with Crippen LogP contribution in [-0.2, 0) is 17.6 Å². The highest BCUT2D eigenvalue weighted by Gasteiger charge is 2.14. The zero-order valence-electron chi connectivity index (χ0n) is 12.0. The molecule has 0 fully saturated rings. The minimum absolute atomic E-state index is 0.145. The molecule has 1 amide bonds. The summed E-state index contributed by atoms with van der Waals surface area (Å²) in [6, 6.07) is 6.51. The largest absolute Gasteiger partial charge is 0.493 e. The Bertz CT molecular complexity index is 454. The van der Waals surface area contributed by atoms with Crippen molar-refractivity contribution in [1.29, 1.82) is 0 Å². The number of nitrogens with one attached hydrogen (secondary N) is 1. The van der Waals surface area contributed by atoms with E-state index in [1.807, 2.05) is 6.07 Å². The van der Waals surface area contributed by atoms with Gasteiger partial charge in [-0.2, -0.15) is 0 Å². The zero-order chi connectivity index (χ0) is 13.8. The molecule has 1 aliphatic heterocycles. The third-order valence-electron chi connectivity index (χ3n) is 3.30. The third-order valence-corrected chi connectivity index (χ3v) is 3.30. The van der Waals surface area contributed by atoms with Crippen LogP contribution in [0.3, 0.4) is 0 Å². The molecule has 2 rings (SSSR count). The third kappa shape index (κ3) is 3.98. The van der Waals surface area contributed by atoms with Crippen LogP contribution in [0.4, 0.5) is 0 Å². The molecule has 0 aliphatic carbocycles. The molecule has 1 atom stereocenters. The van der Waals surface area contributed by atoms with Gasteiger partial charge in [-0.05, 0) is 36.5 Å². The molecule has 0 saturated carbocycles. The van der Waals surface area contributed by atoms with E-state index in [2.05, 4.69) is 38.2 Å². The van der Waals surface area contributed by atoms with Crippen molar-refractivity contribution in [3.63, 3.8) is 0 Å². The summed E-state index contributed by atoms with van der Waals surface area (Å²) in [5, 5.41) is 3.06. The maximum Gasteiger partial charge on any atom is 0.220 e. The van der Waals surface area contributed by atoms with Gasteiger partial charge in [0.2, 0.25) is 5.91 Å². The maximum atomic E-state index is 11.7. The molecule has 0 aromatic heterocycles. The highest BCUT2D eigenvalue weighted by molar-refractivity contribution is 5.76. The minimum atomic E-state index is 0.145. The van der Waals surface area contributed by atoms with Crippen LogP contribution in [0.2, 0.25) is 0 Å². The first kappa shape index (κ1) is 13.9. The van der Waals surface area contributed by atoms with Crippen molar-refractivity contribution in [1.82, 2.24) is 5.32 Å². The van der Waals surface area contributed by atoms with E-state index in [0.29, 0.717) is 12.3 Å². The Balaban J connectivity index is 1.88. The van der Waals surface area contributed by atoms with Crippen LogP contribution < -0.4 is 10.1 Å². The lowest BCUT2D eigenvalue weighted by atomic mass is 10.0. The quantitative estimate of drug-likeness (QED) is 0.885. The van der Waals surface area contributed by atoms with Gasteiger partial charge < -0.3 is 10.1 Å². The molecule has 1 aromatic rings. The molecule has 3 heteroatoms. The van der Waals surface area contributed by atoms with Gasteiger partial charge in [0, 0.05) is 18.9 Å². The fourth-order valence-corrected chi connectivity index (χ4v) is 2.48. The smallest absolute Gasteiger partial charge is 0.220 e. The first-order valence-electron chi connectivity index (χ1n) is 7.08. The van der Waals surface area contributed by atoms with Crippen LogP contribution in [0.1, 0.15) is 38.3 Å². The molecule has 1 heterocycles. The van der Waals surface area contributed by atoms with Gasteiger partial charge in [-0.3, -0.25) is 4.79 Å². The Morgan fingerprint density at radius 1 is 1.37 bits per heavy atom. The topological polar surface area (TPSA) is 38.3 Å².